The number of hydrogen-bond donors (Lipinski definition) is 1. The summed E-state index contributed by atoms with van der Waals surface area (Å²) in [6, 6.07) is 11.1. The summed E-state index contributed by atoms with van der Waals surface area (Å²) in [5.41, 5.74) is 2.87. The third kappa shape index (κ3) is 3.31. The highest BCUT2D eigenvalue weighted by Crippen LogP contribution is 2.34. The van der Waals surface area contributed by atoms with Gasteiger partial charge in [0.1, 0.15) is 17.5 Å². The first kappa shape index (κ1) is 15.8. The van der Waals surface area contributed by atoms with Gasteiger partial charge in [-0.25, -0.2) is 9.97 Å². The Labute approximate surface area is 139 Å². The lowest BCUT2D eigenvalue weighted by Gasteiger charge is -2.44. The van der Waals surface area contributed by atoms with Crippen LogP contribution in [0.3, 0.4) is 0 Å². The first-order chi connectivity index (χ1) is 10.8. The van der Waals surface area contributed by atoms with Crippen molar-refractivity contribution in [1.82, 2.24) is 9.97 Å². The van der Waals surface area contributed by atoms with Crippen LogP contribution in [-0.4, -0.2) is 21.5 Å². The fourth-order valence-electron chi connectivity index (χ4n) is 3.28. The molecule has 4 nitrogen and oxygen atoms in total. The molecule has 0 saturated heterocycles. The highest BCUT2D eigenvalue weighted by molar-refractivity contribution is 5.54. The SMILES string of the molecule is Cc1nc(NC(C)C)cc(N2Cc3ccccc3CC2(C)C)n1. The lowest BCUT2D eigenvalue weighted by Crippen LogP contribution is -2.49. The molecule has 1 aliphatic rings. The van der Waals surface area contributed by atoms with Gasteiger partial charge < -0.3 is 10.2 Å². The van der Waals surface area contributed by atoms with Crippen molar-refractivity contribution in [2.24, 2.45) is 0 Å². The topological polar surface area (TPSA) is 41.1 Å². The summed E-state index contributed by atoms with van der Waals surface area (Å²) in [4.78, 5) is 11.6. The van der Waals surface area contributed by atoms with Crippen molar-refractivity contribution in [3.05, 3.63) is 47.3 Å². The van der Waals surface area contributed by atoms with Gasteiger partial charge in [-0.15, -0.1) is 0 Å². The molecule has 1 aliphatic heterocycles. The van der Waals surface area contributed by atoms with Crippen LogP contribution in [-0.2, 0) is 13.0 Å². The third-order valence-electron chi connectivity index (χ3n) is 4.34. The summed E-state index contributed by atoms with van der Waals surface area (Å²) < 4.78 is 0. The van der Waals surface area contributed by atoms with E-state index in [0.29, 0.717) is 6.04 Å². The van der Waals surface area contributed by atoms with E-state index >= 15 is 0 Å². The van der Waals surface area contributed by atoms with Crippen LogP contribution in [0.2, 0.25) is 0 Å². The first-order valence-electron chi connectivity index (χ1n) is 8.32. The number of hydrogen-bond acceptors (Lipinski definition) is 4. The van der Waals surface area contributed by atoms with E-state index in [0.717, 1.165) is 30.4 Å². The molecule has 3 rings (SSSR count). The zero-order valence-electron chi connectivity index (χ0n) is 14.7. The summed E-state index contributed by atoms with van der Waals surface area (Å²) in [6.45, 7) is 11.7. The van der Waals surface area contributed by atoms with Gasteiger partial charge in [-0.2, -0.15) is 0 Å². The molecule has 0 amide bonds. The van der Waals surface area contributed by atoms with Crippen LogP contribution in [0, 0.1) is 6.92 Å². The largest absolute Gasteiger partial charge is 0.368 e. The molecule has 0 radical (unpaired) electrons. The number of nitrogens with one attached hydrogen (secondary N) is 1. The van der Waals surface area contributed by atoms with E-state index in [4.69, 9.17) is 4.98 Å². The van der Waals surface area contributed by atoms with Crippen molar-refractivity contribution in [3.8, 4) is 0 Å². The third-order valence-corrected chi connectivity index (χ3v) is 4.34. The van der Waals surface area contributed by atoms with Gasteiger partial charge in [0.15, 0.2) is 0 Å². The highest BCUT2D eigenvalue weighted by Gasteiger charge is 2.33. The zero-order valence-corrected chi connectivity index (χ0v) is 14.7. The molecule has 0 atom stereocenters. The van der Waals surface area contributed by atoms with Crippen LogP contribution in [0.15, 0.2) is 30.3 Å². The highest BCUT2D eigenvalue weighted by atomic mass is 15.3. The molecule has 0 bridgehead atoms. The molecule has 0 fully saturated rings. The lowest BCUT2D eigenvalue weighted by molar-refractivity contribution is 0.427. The Morgan fingerprint density at radius 1 is 1.13 bits per heavy atom. The van der Waals surface area contributed by atoms with Crippen LogP contribution in [0.1, 0.15) is 44.6 Å². The fraction of sp³-hybridized carbons (Fsp3) is 0.474. The molecule has 122 valence electrons. The molecular weight excluding hydrogens is 284 g/mol. The van der Waals surface area contributed by atoms with Gasteiger partial charge in [-0.3, -0.25) is 0 Å². The van der Waals surface area contributed by atoms with E-state index in [-0.39, 0.29) is 5.54 Å². The van der Waals surface area contributed by atoms with Gasteiger partial charge >= 0.3 is 0 Å². The van der Waals surface area contributed by atoms with Crippen LogP contribution < -0.4 is 10.2 Å². The molecule has 0 aliphatic carbocycles. The van der Waals surface area contributed by atoms with E-state index in [2.05, 4.69) is 73.2 Å². The molecule has 0 unspecified atom stereocenters. The number of nitrogens with zero attached hydrogens (tertiary/aromatic N) is 3. The van der Waals surface area contributed by atoms with Crippen molar-refractivity contribution in [2.75, 3.05) is 10.2 Å². The molecule has 0 spiro atoms. The molecule has 1 N–H and O–H groups in total. The number of aromatic nitrogens is 2. The summed E-state index contributed by atoms with van der Waals surface area (Å²) in [5, 5.41) is 3.39. The molecule has 1 aromatic heterocycles. The second kappa shape index (κ2) is 5.84. The second-order valence-corrected chi connectivity index (χ2v) is 7.30. The second-order valence-electron chi connectivity index (χ2n) is 7.30. The molecular formula is C19H26N4. The number of aryl methyl sites for hydroxylation is 1. The maximum atomic E-state index is 4.71. The van der Waals surface area contributed by atoms with Crippen LogP contribution in [0.4, 0.5) is 11.6 Å². The van der Waals surface area contributed by atoms with E-state index < -0.39 is 0 Å². The molecule has 0 saturated carbocycles. The van der Waals surface area contributed by atoms with Gasteiger partial charge in [0.25, 0.3) is 0 Å². The van der Waals surface area contributed by atoms with Crippen molar-refractivity contribution < 1.29 is 0 Å². The molecule has 1 aromatic carbocycles. The minimum atomic E-state index is 0.0320. The van der Waals surface area contributed by atoms with Gasteiger partial charge in [-0.05, 0) is 52.2 Å². The average molecular weight is 310 g/mol. The fourth-order valence-corrected chi connectivity index (χ4v) is 3.28. The van der Waals surface area contributed by atoms with Crippen LogP contribution in [0.25, 0.3) is 0 Å². The Kier molecular flexibility index (Phi) is 4.00. The van der Waals surface area contributed by atoms with Crippen molar-refractivity contribution in [3.63, 3.8) is 0 Å². The predicted octanol–water partition coefficient (Wildman–Crippen LogP) is 3.95. The maximum Gasteiger partial charge on any atom is 0.135 e. The normalized spacial score (nSPS) is 16.3. The van der Waals surface area contributed by atoms with Crippen molar-refractivity contribution in [1.29, 1.82) is 0 Å². The smallest absolute Gasteiger partial charge is 0.135 e. The van der Waals surface area contributed by atoms with Crippen LogP contribution >= 0.6 is 0 Å². The van der Waals surface area contributed by atoms with Gasteiger partial charge in [-0.1, -0.05) is 24.3 Å². The number of rotatable bonds is 3. The van der Waals surface area contributed by atoms with Gasteiger partial charge in [0.05, 0.1) is 0 Å². The van der Waals surface area contributed by atoms with E-state index in [1.54, 1.807) is 0 Å². The standard InChI is InChI=1S/C19H26N4/c1-13(2)20-17-10-18(22-14(3)21-17)23-12-16-9-7-6-8-15(16)11-19(23,4)5/h6-10,13H,11-12H2,1-5H3,(H,20,21,22). The first-order valence-corrected chi connectivity index (χ1v) is 8.32. The predicted molar refractivity (Wildman–Crippen MR) is 95.9 cm³/mol. The van der Waals surface area contributed by atoms with E-state index in [1.165, 1.54) is 11.1 Å². The summed E-state index contributed by atoms with van der Waals surface area (Å²) in [6.07, 6.45) is 1.03. The Hall–Kier alpha value is -2.10. The minimum absolute atomic E-state index is 0.0320. The number of anilines is 2. The number of benzene rings is 1. The van der Waals surface area contributed by atoms with Gasteiger partial charge in [0, 0.05) is 24.2 Å². The van der Waals surface area contributed by atoms with Crippen LogP contribution in [0.5, 0.6) is 0 Å². The molecule has 2 heterocycles. The Balaban J connectivity index is 1.99. The Bertz CT molecular complexity index is 706. The maximum absolute atomic E-state index is 4.71. The lowest BCUT2D eigenvalue weighted by atomic mass is 9.85. The summed E-state index contributed by atoms with van der Waals surface area (Å²) >= 11 is 0. The Morgan fingerprint density at radius 3 is 2.52 bits per heavy atom. The summed E-state index contributed by atoms with van der Waals surface area (Å²) in [7, 11) is 0. The van der Waals surface area contributed by atoms with Crippen molar-refractivity contribution >= 4 is 11.6 Å². The Morgan fingerprint density at radius 2 is 1.83 bits per heavy atom. The molecule has 2 aromatic rings. The average Bonchev–Trinajstić information content (AvgIpc) is 2.44. The van der Waals surface area contributed by atoms with Crippen molar-refractivity contribution in [2.45, 2.75) is 59.2 Å². The van der Waals surface area contributed by atoms with E-state index in [1.807, 2.05) is 6.92 Å². The number of fused-ring (bicyclic) bond motifs is 1. The zero-order chi connectivity index (χ0) is 16.6. The van der Waals surface area contributed by atoms with E-state index in [9.17, 15) is 0 Å². The quantitative estimate of drug-likeness (QED) is 0.932. The summed E-state index contributed by atoms with van der Waals surface area (Å²) in [5.74, 6) is 2.71. The molecule has 23 heavy (non-hydrogen) atoms. The molecule has 4 heteroatoms. The van der Waals surface area contributed by atoms with Gasteiger partial charge in [0.2, 0.25) is 0 Å². The minimum Gasteiger partial charge on any atom is -0.368 e. The monoisotopic (exact) mass is 310 g/mol.